The molecule has 3 rings (SSSR count). The molecule has 0 aliphatic carbocycles. The van der Waals surface area contributed by atoms with E-state index in [1.54, 1.807) is 26.0 Å². The predicted molar refractivity (Wildman–Crippen MR) is 112 cm³/mol. The summed E-state index contributed by atoms with van der Waals surface area (Å²) in [5.74, 6) is 1.72. The van der Waals surface area contributed by atoms with E-state index in [0.29, 0.717) is 12.2 Å². The van der Waals surface area contributed by atoms with Gasteiger partial charge in [-0.1, -0.05) is 30.3 Å². The average Bonchev–Trinajstić information content (AvgIpc) is 2.72. The van der Waals surface area contributed by atoms with E-state index in [9.17, 15) is 4.79 Å². The molecule has 28 heavy (non-hydrogen) atoms. The number of carbonyl (C=O) groups excluding carboxylic acids is 1. The molecule has 1 unspecified atom stereocenters. The molecular formula is C22H28N4O2. The first-order chi connectivity index (χ1) is 13.6. The lowest BCUT2D eigenvalue weighted by molar-refractivity contribution is 0.0827. The van der Waals surface area contributed by atoms with E-state index in [-0.39, 0.29) is 11.9 Å². The van der Waals surface area contributed by atoms with Crippen LogP contribution in [0, 0.1) is 0 Å². The average molecular weight is 380 g/mol. The third-order valence-electron chi connectivity index (χ3n) is 4.78. The minimum absolute atomic E-state index is 0.0190. The van der Waals surface area contributed by atoms with E-state index in [4.69, 9.17) is 4.74 Å². The Bertz CT molecular complexity index is 848. The molecule has 2 aromatic rings. The van der Waals surface area contributed by atoms with Gasteiger partial charge in [-0.25, -0.2) is 0 Å². The van der Waals surface area contributed by atoms with Crippen molar-refractivity contribution in [3.8, 4) is 5.75 Å². The Morgan fingerprint density at radius 3 is 2.82 bits per heavy atom. The molecule has 2 aromatic carbocycles. The second kappa shape index (κ2) is 9.26. The van der Waals surface area contributed by atoms with E-state index in [1.807, 2.05) is 42.5 Å². The number of fused-ring (bicyclic) bond motifs is 1. The second-order valence-corrected chi connectivity index (χ2v) is 7.02. The van der Waals surface area contributed by atoms with E-state index in [0.717, 1.165) is 42.2 Å². The quantitative estimate of drug-likeness (QED) is 0.618. The normalized spacial score (nSPS) is 16.0. The van der Waals surface area contributed by atoms with Crippen LogP contribution in [0.5, 0.6) is 5.75 Å². The molecule has 0 spiro atoms. The molecule has 6 heteroatoms. The molecule has 6 nitrogen and oxygen atoms in total. The zero-order chi connectivity index (χ0) is 19.9. The number of hydrogen-bond acceptors (Lipinski definition) is 3. The van der Waals surface area contributed by atoms with Crippen molar-refractivity contribution in [3.63, 3.8) is 0 Å². The Kier molecular flexibility index (Phi) is 6.53. The molecule has 0 saturated carbocycles. The fraction of sp³-hybridized carbons (Fsp3) is 0.364. The summed E-state index contributed by atoms with van der Waals surface area (Å²) in [6.45, 7) is 1.42. The van der Waals surface area contributed by atoms with Crippen molar-refractivity contribution in [1.29, 1.82) is 0 Å². The third-order valence-corrected chi connectivity index (χ3v) is 4.78. The van der Waals surface area contributed by atoms with Crippen LogP contribution in [-0.4, -0.2) is 51.1 Å². The zero-order valence-electron chi connectivity index (χ0n) is 16.7. The van der Waals surface area contributed by atoms with Crippen molar-refractivity contribution >= 4 is 11.9 Å². The summed E-state index contributed by atoms with van der Waals surface area (Å²) in [7, 11) is 5.30. The summed E-state index contributed by atoms with van der Waals surface area (Å²) in [4.78, 5) is 18.1. The number of amides is 1. The van der Waals surface area contributed by atoms with Crippen molar-refractivity contribution in [2.75, 3.05) is 34.3 Å². The first-order valence-electron chi connectivity index (χ1n) is 9.58. The number of guanidine groups is 1. The second-order valence-electron chi connectivity index (χ2n) is 7.02. The number of para-hydroxylation sites is 1. The molecule has 1 amide bonds. The highest BCUT2D eigenvalue weighted by Gasteiger charge is 2.21. The van der Waals surface area contributed by atoms with Crippen LogP contribution in [0.15, 0.2) is 53.5 Å². The van der Waals surface area contributed by atoms with Crippen LogP contribution in [0.4, 0.5) is 0 Å². The summed E-state index contributed by atoms with van der Waals surface area (Å²) >= 11 is 0. The van der Waals surface area contributed by atoms with Crippen LogP contribution in [-0.2, 0) is 6.42 Å². The Labute approximate surface area is 166 Å². The predicted octanol–water partition coefficient (Wildman–Crippen LogP) is 2.62. The monoisotopic (exact) mass is 380 g/mol. The van der Waals surface area contributed by atoms with Gasteiger partial charge in [0.25, 0.3) is 5.91 Å². The first-order valence-corrected chi connectivity index (χ1v) is 9.58. The summed E-state index contributed by atoms with van der Waals surface area (Å²) in [6.07, 6.45) is 1.70. The fourth-order valence-corrected chi connectivity index (χ4v) is 3.29. The van der Waals surface area contributed by atoms with E-state index in [1.165, 1.54) is 0 Å². The standard InChI is InChI=1S/C22H28N4O2/c1-23-22(25-19-12-14-28-20-10-5-4-9-18(19)20)24-13-11-16-7-6-8-17(15-16)21(27)26(2)3/h4-10,15,19H,11-14H2,1-3H3,(H2,23,24,25). The van der Waals surface area contributed by atoms with Gasteiger partial charge in [0.05, 0.1) is 12.6 Å². The molecule has 0 aromatic heterocycles. The molecule has 1 heterocycles. The lowest BCUT2D eigenvalue weighted by atomic mass is 10.0. The lowest BCUT2D eigenvalue weighted by Crippen LogP contribution is -2.41. The number of benzene rings is 2. The first kappa shape index (κ1) is 19.7. The van der Waals surface area contributed by atoms with Gasteiger partial charge in [-0.15, -0.1) is 0 Å². The fourth-order valence-electron chi connectivity index (χ4n) is 3.29. The summed E-state index contributed by atoms with van der Waals surface area (Å²) in [5, 5.41) is 6.86. The van der Waals surface area contributed by atoms with Crippen molar-refractivity contribution in [3.05, 3.63) is 65.2 Å². The molecular weight excluding hydrogens is 352 g/mol. The van der Waals surface area contributed by atoms with Gasteiger partial charge < -0.3 is 20.3 Å². The molecule has 1 aliphatic heterocycles. The van der Waals surface area contributed by atoms with Gasteiger partial charge in [0, 0.05) is 45.2 Å². The number of nitrogens with one attached hydrogen (secondary N) is 2. The van der Waals surface area contributed by atoms with Gasteiger partial charge in [0.2, 0.25) is 0 Å². The number of carbonyl (C=O) groups is 1. The molecule has 1 aliphatic rings. The molecule has 148 valence electrons. The topological polar surface area (TPSA) is 66.0 Å². The number of hydrogen-bond donors (Lipinski definition) is 2. The Morgan fingerprint density at radius 2 is 2.04 bits per heavy atom. The molecule has 2 N–H and O–H groups in total. The van der Waals surface area contributed by atoms with Crippen molar-refractivity contribution in [2.24, 2.45) is 4.99 Å². The maximum Gasteiger partial charge on any atom is 0.253 e. The van der Waals surface area contributed by atoms with Crippen LogP contribution in [0.3, 0.4) is 0 Å². The van der Waals surface area contributed by atoms with E-state index >= 15 is 0 Å². The Morgan fingerprint density at radius 1 is 1.21 bits per heavy atom. The van der Waals surface area contributed by atoms with Crippen LogP contribution >= 0.6 is 0 Å². The Balaban J connectivity index is 1.56. The van der Waals surface area contributed by atoms with Crippen LogP contribution < -0.4 is 15.4 Å². The molecule has 0 bridgehead atoms. The molecule has 0 saturated heterocycles. The highest BCUT2D eigenvalue weighted by Crippen LogP contribution is 2.31. The van der Waals surface area contributed by atoms with Gasteiger partial charge in [0.15, 0.2) is 5.96 Å². The van der Waals surface area contributed by atoms with E-state index < -0.39 is 0 Å². The van der Waals surface area contributed by atoms with Crippen LogP contribution in [0.25, 0.3) is 0 Å². The van der Waals surface area contributed by atoms with Crippen molar-refractivity contribution < 1.29 is 9.53 Å². The number of rotatable bonds is 5. The zero-order valence-corrected chi connectivity index (χ0v) is 16.7. The van der Waals surface area contributed by atoms with Gasteiger partial charge >= 0.3 is 0 Å². The summed E-state index contributed by atoms with van der Waals surface area (Å²) in [5.41, 5.74) is 2.99. The van der Waals surface area contributed by atoms with Gasteiger partial charge in [-0.05, 0) is 30.2 Å². The smallest absolute Gasteiger partial charge is 0.253 e. The molecule has 0 radical (unpaired) electrons. The third kappa shape index (κ3) is 4.82. The summed E-state index contributed by atoms with van der Waals surface area (Å²) < 4.78 is 5.72. The Hall–Kier alpha value is -3.02. The van der Waals surface area contributed by atoms with Gasteiger partial charge in [0.1, 0.15) is 5.75 Å². The van der Waals surface area contributed by atoms with Crippen molar-refractivity contribution in [1.82, 2.24) is 15.5 Å². The number of aliphatic imine (C=N–C) groups is 1. The number of ether oxygens (including phenoxy) is 1. The molecule has 1 atom stereocenters. The highest BCUT2D eigenvalue weighted by molar-refractivity contribution is 5.94. The van der Waals surface area contributed by atoms with Crippen LogP contribution in [0.2, 0.25) is 0 Å². The maximum atomic E-state index is 12.1. The minimum atomic E-state index is 0.0190. The maximum absolute atomic E-state index is 12.1. The van der Waals surface area contributed by atoms with Crippen molar-refractivity contribution in [2.45, 2.75) is 18.9 Å². The largest absolute Gasteiger partial charge is 0.493 e. The van der Waals surface area contributed by atoms with Gasteiger partial charge in [-0.3, -0.25) is 9.79 Å². The highest BCUT2D eigenvalue weighted by atomic mass is 16.5. The molecule has 0 fully saturated rings. The summed E-state index contributed by atoms with van der Waals surface area (Å²) in [6, 6.07) is 16.1. The number of nitrogens with zero attached hydrogens (tertiary/aromatic N) is 2. The SMILES string of the molecule is CN=C(NCCc1cccc(C(=O)N(C)C)c1)NC1CCOc2ccccc21. The lowest BCUT2D eigenvalue weighted by Gasteiger charge is -2.28. The minimum Gasteiger partial charge on any atom is -0.493 e. The van der Waals surface area contributed by atoms with Gasteiger partial charge in [-0.2, -0.15) is 0 Å². The van der Waals surface area contributed by atoms with E-state index in [2.05, 4.69) is 21.7 Å². The van der Waals surface area contributed by atoms with Crippen LogP contribution in [0.1, 0.15) is 33.9 Å².